The van der Waals surface area contributed by atoms with Gasteiger partial charge in [-0.2, -0.15) is 0 Å². The first kappa shape index (κ1) is 56.0. The lowest BCUT2D eigenvalue weighted by atomic mass is 9.83. The fourth-order valence-electron chi connectivity index (χ4n) is 8.01. The van der Waals surface area contributed by atoms with Crippen LogP contribution in [0.15, 0.2) is 197 Å². The summed E-state index contributed by atoms with van der Waals surface area (Å²) in [5.41, 5.74) is 26.4. The molecule has 362 valence electrons. The molecule has 70 heavy (non-hydrogen) atoms. The van der Waals surface area contributed by atoms with Crippen LogP contribution in [0.2, 0.25) is 0 Å². The Morgan fingerprint density at radius 3 is 1.27 bits per heavy atom. The number of allylic oxidation sites excluding steroid dienone is 3. The second kappa shape index (κ2) is 27.5. The molecule has 2 heteroatoms. The van der Waals surface area contributed by atoms with E-state index in [4.69, 9.17) is 5.11 Å². The Bertz CT molecular complexity index is 2850. The Labute approximate surface area is 428 Å². The third kappa shape index (κ3) is 16.5. The van der Waals surface area contributed by atoms with Crippen molar-refractivity contribution in [2.75, 3.05) is 0 Å². The summed E-state index contributed by atoms with van der Waals surface area (Å²) in [7, 11) is 0. The van der Waals surface area contributed by atoms with Crippen LogP contribution in [0, 0.1) is 90.0 Å². The maximum atomic E-state index is 9.10. The number of hydrogen-bond acceptors (Lipinski definition) is 2. The molecular weight excluding hydrogens is 865 g/mol. The highest BCUT2D eigenvalue weighted by Crippen LogP contribution is 2.39. The summed E-state index contributed by atoms with van der Waals surface area (Å²) in [4.78, 5) is 2.62. The predicted octanol–water partition coefficient (Wildman–Crippen LogP) is 19.7. The molecule has 8 rings (SSSR count). The van der Waals surface area contributed by atoms with Crippen LogP contribution < -0.4 is 0 Å². The number of aromatic hydroxyl groups is 1. The molecule has 0 aliphatic rings. The van der Waals surface area contributed by atoms with Gasteiger partial charge < -0.3 is 5.11 Å². The van der Waals surface area contributed by atoms with Gasteiger partial charge in [0, 0.05) is 9.79 Å². The largest absolute Gasteiger partial charge is 0.508 e. The second-order valence-corrected chi connectivity index (χ2v) is 19.8. The van der Waals surface area contributed by atoms with E-state index in [9.17, 15) is 0 Å². The predicted molar refractivity (Wildman–Crippen MR) is 309 cm³/mol. The first-order valence-electron chi connectivity index (χ1n) is 24.5. The lowest BCUT2D eigenvalue weighted by molar-refractivity contribution is 0.470. The molecule has 0 heterocycles. The van der Waals surface area contributed by atoms with Crippen molar-refractivity contribution in [3.05, 3.63) is 265 Å². The van der Waals surface area contributed by atoms with Crippen molar-refractivity contribution in [3.63, 3.8) is 0 Å². The summed E-state index contributed by atoms with van der Waals surface area (Å²) in [5.74, 6) is 0.384. The van der Waals surface area contributed by atoms with Gasteiger partial charge in [-0.05, 0) is 241 Å². The van der Waals surface area contributed by atoms with Crippen molar-refractivity contribution < 1.29 is 5.11 Å². The molecule has 0 spiro atoms. The molecule has 0 amide bonds. The molecule has 0 fully saturated rings. The minimum atomic E-state index is 0.384. The Hall–Kier alpha value is -6.61. The van der Waals surface area contributed by atoms with E-state index in [0.717, 1.165) is 23.1 Å². The average molecular weight is 943 g/mol. The molecule has 0 atom stereocenters. The topological polar surface area (TPSA) is 20.2 Å². The van der Waals surface area contributed by atoms with Crippen LogP contribution in [0.25, 0.3) is 22.3 Å². The zero-order valence-electron chi connectivity index (χ0n) is 44.9. The lowest BCUT2D eigenvalue weighted by Gasteiger charge is -2.21. The Morgan fingerprint density at radius 1 is 0.429 bits per heavy atom. The molecule has 0 radical (unpaired) electrons. The fourth-order valence-corrected chi connectivity index (χ4v) is 9.05. The van der Waals surface area contributed by atoms with Crippen molar-refractivity contribution in [2.45, 2.75) is 120 Å². The molecule has 0 unspecified atom stereocenters. The fraction of sp³-hybridized carbons (Fsp3) is 0.235. The highest BCUT2D eigenvalue weighted by molar-refractivity contribution is 7.99. The SMILES string of the molecule is C=C(C)/C(=C\C)Cc1ccc(C)c(C)c1.Cc1c(C)c(-c2ccccc2)c(C)c(C)c1-c1ccccc1.Cc1cccc(O)c1C.Cc1cccc(Sc2ccc(C)c(C)c2)c1.Cc1ccccc1C. The Kier molecular flexibility index (Phi) is 22.0. The molecule has 0 aliphatic heterocycles. The van der Waals surface area contributed by atoms with Crippen molar-refractivity contribution in [1.29, 1.82) is 0 Å². The first-order chi connectivity index (χ1) is 33.3. The van der Waals surface area contributed by atoms with Crippen LogP contribution in [0.1, 0.15) is 91.7 Å². The minimum Gasteiger partial charge on any atom is -0.508 e. The second-order valence-electron chi connectivity index (χ2n) is 18.6. The van der Waals surface area contributed by atoms with Gasteiger partial charge in [0.15, 0.2) is 0 Å². The highest BCUT2D eigenvalue weighted by Gasteiger charge is 2.17. The van der Waals surface area contributed by atoms with Crippen LogP contribution in [-0.2, 0) is 6.42 Å². The maximum Gasteiger partial charge on any atom is 0.118 e. The van der Waals surface area contributed by atoms with Crippen molar-refractivity contribution in [3.8, 4) is 28.0 Å². The third-order valence-electron chi connectivity index (χ3n) is 13.3. The van der Waals surface area contributed by atoms with Gasteiger partial charge in [0.2, 0.25) is 0 Å². The first-order valence-corrected chi connectivity index (χ1v) is 25.3. The van der Waals surface area contributed by atoms with Crippen molar-refractivity contribution in [1.82, 2.24) is 0 Å². The van der Waals surface area contributed by atoms with E-state index in [1.807, 2.05) is 37.7 Å². The number of phenols is 1. The monoisotopic (exact) mass is 943 g/mol. The number of hydrogen-bond donors (Lipinski definition) is 1. The van der Waals surface area contributed by atoms with E-state index in [0.29, 0.717) is 5.75 Å². The lowest BCUT2D eigenvalue weighted by Crippen LogP contribution is -1.99. The Balaban J connectivity index is 0.000000199. The normalized spacial score (nSPS) is 10.5. The average Bonchev–Trinajstić information content (AvgIpc) is 3.34. The van der Waals surface area contributed by atoms with Gasteiger partial charge in [0.25, 0.3) is 0 Å². The van der Waals surface area contributed by atoms with Gasteiger partial charge in [-0.25, -0.2) is 0 Å². The van der Waals surface area contributed by atoms with Gasteiger partial charge in [-0.1, -0.05) is 169 Å². The van der Waals surface area contributed by atoms with Gasteiger partial charge in [0.05, 0.1) is 0 Å². The molecule has 0 saturated heterocycles. The van der Waals surface area contributed by atoms with Crippen LogP contribution in [0.4, 0.5) is 0 Å². The minimum absolute atomic E-state index is 0.384. The number of phenolic OH excluding ortho intramolecular Hbond substituents is 1. The van der Waals surface area contributed by atoms with E-state index in [2.05, 4.69) is 248 Å². The number of aryl methyl sites for hydroxylation is 8. The summed E-state index contributed by atoms with van der Waals surface area (Å²) in [5, 5.41) is 9.10. The molecule has 1 N–H and O–H groups in total. The van der Waals surface area contributed by atoms with E-state index >= 15 is 0 Å². The van der Waals surface area contributed by atoms with Crippen LogP contribution in [-0.4, -0.2) is 5.11 Å². The number of rotatable bonds is 7. The van der Waals surface area contributed by atoms with Crippen LogP contribution >= 0.6 is 11.8 Å². The van der Waals surface area contributed by atoms with Gasteiger partial charge in [0.1, 0.15) is 5.75 Å². The summed E-state index contributed by atoms with van der Waals surface area (Å²) in [6.07, 6.45) is 3.14. The third-order valence-corrected chi connectivity index (χ3v) is 14.3. The van der Waals surface area contributed by atoms with E-state index in [1.165, 1.54) is 104 Å². The zero-order chi connectivity index (χ0) is 51.5. The Morgan fingerprint density at radius 2 is 0.857 bits per heavy atom. The van der Waals surface area contributed by atoms with Crippen molar-refractivity contribution >= 4 is 11.8 Å². The molecule has 0 bridgehead atoms. The molecule has 0 saturated carbocycles. The van der Waals surface area contributed by atoms with Gasteiger partial charge in [-0.15, -0.1) is 0 Å². The molecular formula is C68H78OS. The van der Waals surface area contributed by atoms with Gasteiger partial charge >= 0.3 is 0 Å². The number of benzene rings is 8. The summed E-state index contributed by atoms with van der Waals surface area (Å²) in [6, 6.07) is 57.2. The summed E-state index contributed by atoms with van der Waals surface area (Å²) in [6.45, 7) is 36.0. The van der Waals surface area contributed by atoms with Crippen LogP contribution in [0.5, 0.6) is 5.75 Å². The summed E-state index contributed by atoms with van der Waals surface area (Å²) < 4.78 is 0. The van der Waals surface area contributed by atoms with Gasteiger partial charge in [-0.3, -0.25) is 0 Å². The van der Waals surface area contributed by atoms with Crippen molar-refractivity contribution in [2.24, 2.45) is 0 Å². The summed E-state index contributed by atoms with van der Waals surface area (Å²) >= 11 is 1.82. The standard InChI is InChI=1S/C22H22.C15H16S.C15H20.C8H10O.C8H10/c1-15-16(2)22(20-13-9-6-10-14-20)18(4)17(3)21(15)19-11-7-5-8-12-19;1-11-5-4-6-14(9-11)16-15-8-7-12(2)13(3)10-15;1-6-15(11(2)3)10-14-8-7-12(4)13(5)9-14;1-6-4-3-5-8(9)7(6)2;1-7-5-3-4-6-8(7)2/h5-14H,1-4H3;4-10H,1-3H3;6-9H,2,10H2,1,3-5H3;3-5,9H,1-2H3;3-6H,1-2H3/b;;15-6-;;. The highest BCUT2D eigenvalue weighted by atomic mass is 32.2. The maximum absolute atomic E-state index is 9.10. The molecule has 8 aromatic rings. The molecule has 0 aliphatic carbocycles. The zero-order valence-corrected chi connectivity index (χ0v) is 45.8. The molecule has 8 aromatic carbocycles. The van der Waals surface area contributed by atoms with E-state index in [1.54, 1.807) is 6.07 Å². The van der Waals surface area contributed by atoms with E-state index in [-0.39, 0.29) is 0 Å². The molecule has 0 aromatic heterocycles. The molecule has 1 nitrogen and oxygen atoms in total. The quantitative estimate of drug-likeness (QED) is 0.161. The smallest absolute Gasteiger partial charge is 0.118 e. The van der Waals surface area contributed by atoms with E-state index < -0.39 is 0 Å². The van der Waals surface area contributed by atoms with Crippen LogP contribution in [0.3, 0.4) is 0 Å².